The lowest BCUT2D eigenvalue weighted by atomic mass is 9.93. The zero-order chi connectivity index (χ0) is 19.0. The van der Waals surface area contributed by atoms with Gasteiger partial charge in [-0.25, -0.2) is 15.0 Å². The van der Waals surface area contributed by atoms with Crippen molar-refractivity contribution < 1.29 is 0 Å². The highest BCUT2D eigenvalue weighted by atomic mass is 15.3. The Kier molecular flexibility index (Phi) is 4.19. The maximum Gasteiger partial charge on any atom is 0.183 e. The molecule has 0 bridgehead atoms. The molecule has 0 aliphatic carbocycles. The van der Waals surface area contributed by atoms with Crippen molar-refractivity contribution in [1.82, 2.24) is 19.4 Å². The molecule has 1 fully saturated rings. The Bertz CT molecular complexity index is 1000. The Hall–Kier alpha value is -3.14. The fraction of sp³-hybridized carbons (Fsp3) is 0.400. The van der Waals surface area contributed by atoms with Crippen molar-refractivity contribution in [3.63, 3.8) is 0 Å². The minimum Gasteiger partial charge on any atom is -0.367 e. The summed E-state index contributed by atoms with van der Waals surface area (Å²) in [7, 11) is 0. The van der Waals surface area contributed by atoms with Gasteiger partial charge in [0.05, 0.1) is 11.4 Å². The van der Waals surface area contributed by atoms with Gasteiger partial charge < -0.3 is 14.2 Å². The molecule has 0 unspecified atom stereocenters. The van der Waals surface area contributed by atoms with Crippen LogP contribution in [-0.2, 0) is 5.41 Å². The SMILES string of the molecule is CC(C)(C)c1cn2cc(N3CCN(c4nccnc4C#N)CC3)ccc2n1. The van der Waals surface area contributed by atoms with Gasteiger partial charge in [-0.2, -0.15) is 5.26 Å². The zero-order valence-corrected chi connectivity index (χ0v) is 15.9. The minimum atomic E-state index is 0.0347. The molecular weight excluding hydrogens is 338 g/mol. The Morgan fingerprint density at radius 2 is 1.67 bits per heavy atom. The summed E-state index contributed by atoms with van der Waals surface area (Å²) in [5.74, 6) is 0.680. The molecule has 0 N–H and O–H groups in total. The van der Waals surface area contributed by atoms with E-state index in [0.29, 0.717) is 11.5 Å². The third-order valence-electron chi connectivity index (χ3n) is 4.93. The summed E-state index contributed by atoms with van der Waals surface area (Å²) in [5, 5.41) is 9.24. The molecule has 7 heteroatoms. The molecule has 4 heterocycles. The molecule has 0 amide bonds. The van der Waals surface area contributed by atoms with Crippen LogP contribution in [0.15, 0.2) is 36.9 Å². The number of anilines is 2. The van der Waals surface area contributed by atoms with E-state index >= 15 is 0 Å². The Morgan fingerprint density at radius 3 is 2.37 bits per heavy atom. The van der Waals surface area contributed by atoms with Gasteiger partial charge >= 0.3 is 0 Å². The fourth-order valence-corrected chi connectivity index (χ4v) is 3.35. The predicted octanol–water partition coefficient (Wildman–Crippen LogP) is 2.62. The zero-order valence-electron chi connectivity index (χ0n) is 15.9. The van der Waals surface area contributed by atoms with Crippen LogP contribution in [0.5, 0.6) is 0 Å². The average molecular weight is 361 g/mol. The number of aromatic nitrogens is 4. The summed E-state index contributed by atoms with van der Waals surface area (Å²) in [5.41, 5.74) is 3.67. The van der Waals surface area contributed by atoms with E-state index in [1.54, 1.807) is 12.4 Å². The van der Waals surface area contributed by atoms with Gasteiger partial charge in [-0.3, -0.25) is 0 Å². The summed E-state index contributed by atoms with van der Waals surface area (Å²) in [6.07, 6.45) is 7.47. The number of nitrogens with zero attached hydrogens (tertiary/aromatic N) is 7. The molecule has 0 atom stereocenters. The number of fused-ring (bicyclic) bond motifs is 1. The van der Waals surface area contributed by atoms with Crippen LogP contribution in [0.25, 0.3) is 5.65 Å². The number of piperazine rings is 1. The number of rotatable bonds is 2. The largest absolute Gasteiger partial charge is 0.367 e. The molecule has 0 saturated carbocycles. The van der Waals surface area contributed by atoms with Crippen LogP contribution in [0.3, 0.4) is 0 Å². The van der Waals surface area contributed by atoms with Crippen molar-refractivity contribution in [2.24, 2.45) is 0 Å². The first-order chi connectivity index (χ1) is 13.0. The van der Waals surface area contributed by atoms with Gasteiger partial charge in [-0.15, -0.1) is 0 Å². The van der Waals surface area contributed by atoms with Gasteiger partial charge in [0.2, 0.25) is 0 Å². The second-order valence-corrected chi connectivity index (χ2v) is 7.84. The van der Waals surface area contributed by atoms with Crippen LogP contribution in [0.2, 0.25) is 0 Å². The van der Waals surface area contributed by atoms with Crippen LogP contribution in [0, 0.1) is 11.3 Å². The third-order valence-corrected chi connectivity index (χ3v) is 4.93. The number of imidazole rings is 1. The van der Waals surface area contributed by atoms with Crippen LogP contribution in [0.4, 0.5) is 11.5 Å². The van der Waals surface area contributed by atoms with E-state index in [1.165, 1.54) is 5.69 Å². The second-order valence-electron chi connectivity index (χ2n) is 7.84. The lowest BCUT2D eigenvalue weighted by Gasteiger charge is -2.36. The van der Waals surface area contributed by atoms with E-state index in [0.717, 1.165) is 37.5 Å². The number of pyridine rings is 1. The van der Waals surface area contributed by atoms with Gasteiger partial charge in [0.15, 0.2) is 11.5 Å². The van der Waals surface area contributed by atoms with Crippen molar-refractivity contribution in [1.29, 1.82) is 5.26 Å². The second kappa shape index (κ2) is 6.54. The van der Waals surface area contributed by atoms with Gasteiger partial charge in [-0.1, -0.05) is 20.8 Å². The normalized spacial score (nSPS) is 15.2. The lowest BCUT2D eigenvalue weighted by Crippen LogP contribution is -2.47. The highest BCUT2D eigenvalue weighted by molar-refractivity contribution is 5.55. The molecule has 3 aromatic heterocycles. The molecule has 1 saturated heterocycles. The molecule has 3 aromatic rings. The highest BCUT2D eigenvalue weighted by Crippen LogP contribution is 2.25. The Labute approximate surface area is 158 Å². The van der Waals surface area contributed by atoms with Crippen molar-refractivity contribution >= 4 is 17.2 Å². The predicted molar refractivity (Wildman–Crippen MR) is 105 cm³/mol. The van der Waals surface area contributed by atoms with Crippen molar-refractivity contribution in [2.45, 2.75) is 26.2 Å². The first-order valence-corrected chi connectivity index (χ1v) is 9.16. The summed E-state index contributed by atoms with van der Waals surface area (Å²) < 4.78 is 2.11. The average Bonchev–Trinajstić information content (AvgIpc) is 3.12. The monoisotopic (exact) mass is 361 g/mol. The Morgan fingerprint density at radius 1 is 0.963 bits per heavy atom. The van der Waals surface area contributed by atoms with Crippen molar-refractivity contribution in [2.75, 3.05) is 36.0 Å². The summed E-state index contributed by atoms with van der Waals surface area (Å²) in [4.78, 5) is 17.7. The quantitative estimate of drug-likeness (QED) is 0.699. The third kappa shape index (κ3) is 3.31. The smallest absolute Gasteiger partial charge is 0.183 e. The molecular formula is C20H23N7. The summed E-state index contributed by atoms with van der Waals surface area (Å²) >= 11 is 0. The van der Waals surface area contributed by atoms with Crippen LogP contribution >= 0.6 is 0 Å². The Balaban J connectivity index is 1.52. The molecule has 1 aliphatic rings. The standard InChI is InChI=1S/C20H23N7/c1-20(2,3)17-14-27-13-15(4-5-18(27)24-17)25-8-10-26(11-9-25)19-16(12-21)22-6-7-23-19/h4-7,13-14H,8-11H2,1-3H3. The van der Waals surface area contributed by atoms with Gasteiger partial charge in [-0.05, 0) is 12.1 Å². The van der Waals surface area contributed by atoms with E-state index in [9.17, 15) is 5.26 Å². The first kappa shape index (κ1) is 17.3. The van der Waals surface area contributed by atoms with E-state index < -0.39 is 0 Å². The molecule has 0 radical (unpaired) electrons. The van der Waals surface area contributed by atoms with E-state index in [2.05, 4.69) is 75.5 Å². The maximum atomic E-state index is 9.24. The van der Waals surface area contributed by atoms with Crippen LogP contribution < -0.4 is 9.80 Å². The molecule has 7 nitrogen and oxygen atoms in total. The molecule has 4 rings (SSSR count). The van der Waals surface area contributed by atoms with Crippen LogP contribution in [-0.4, -0.2) is 45.5 Å². The van der Waals surface area contributed by atoms with E-state index in [-0.39, 0.29) is 5.41 Å². The lowest BCUT2D eigenvalue weighted by molar-refractivity contribution is 0.573. The summed E-state index contributed by atoms with van der Waals surface area (Å²) in [6.45, 7) is 9.89. The first-order valence-electron chi connectivity index (χ1n) is 9.16. The molecule has 1 aliphatic heterocycles. The topological polar surface area (TPSA) is 73.3 Å². The highest BCUT2D eigenvalue weighted by Gasteiger charge is 2.22. The minimum absolute atomic E-state index is 0.0347. The van der Waals surface area contributed by atoms with Crippen molar-refractivity contribution in [3.05, 3.63) is 48.3 Å². The number of nitriles is 1. The molecule has 138 valence electrons. The van der Waals surface area contributed by atoms with E-state index in [4.69, 9.17) is 4.98 Å². The van der Waals surface area contributed by atoms with Gasteiger partial charge in [0, 0.05) is 56.4 Å². The molecule has 0 spiro atoms. The van der Waals surface area contributed by atoms with Gasteiger partial charge in [0.25, 0.3) is 0 Å². The number of hydrogen-bond donors (Lipinski definition) is 0. The fourth-order valence-electron chi connectivity index (χ4n) is 3.35. The van der Waals surface area contributed by atoms with Crippen molar-refractivity contribution in [3.8, 4) is 6.07 Å². The van der Waals surface area contributed by atoms with Gasteiger partial charge in [0.1, 0.15) is 11.7 Å². The molecule has 27 heavy (non-hydrogen) atoms. The number of hydrogen-bond acceptors (Lipinski definition) is 6. The summed E-state index contributed by atoms with van der Waals surface area (Å²) in [6, 6.07) is 6.34. The van der Waals surface area contributed by atoms with Crippen LogP contribution in [0.1, 0.15) is 32.2 Å². The maximum absolute atomic E-state index is 9.24. The van der Waals surface area contributed by atoms with E-state index in [1.807, 2.05) is 0 Å². The molecule has 0 aromatic carbocycles.